The quantitative estimate of drug-likeness (QED) is 0.237. The first-order valence-electron chi connectivity index (χ1n) is 12.9. The Morgan fingerprint density at radius 1 is 1.07 bits per heavy atom. The molecule has 3 aromatic rings. The summed E-state index contributed by atoms with van der Waals surface area (Å²) in [7, 11) is 1.55. The third-order valence-corrected chi connectivity index (χ3v) is 8.19. The fraction of sp³-hybridized carbons (Fsp3) is 0.233. The van der Waals surface area contributed by atoms with Crippen LogP contribution in [0.3, 0.4) is 0 Å². The molecule has 0 atom stereocenters. The molecule has 0 unspecified atom stereocenters. The summed E-state index contributed by atoms with van der Waals surface area (Å²) in [5.41, 5.74) is 3.19. The second-order valence-electron chi connectivity index (χ2n) is 9.24. The summed E-state index contributed by atoms with van der Waals surface area (Å²) in [6, 6.07) is 20.9. The van der Waals surface area contributed by atoms with E-state index in [1.807, 2.05) is 54.6 Å². The molecular formula is C30H28IN3O6S. The number of morpholine rings is 1. The van der Waals surface area contributed by atoms with Crippen molar-refractivity contribution in [2.75, 3.05) is 50.2 Å². The van der Waals surface area contributed by atoms with Gasteiger partial charge in [-0.3, -0.25) is 19.3 Å². The van der Waals surface area contributed by atoms with Crippen LogP contribution in [0.2, 0.25) is 0 Å². The zero-order chi connectivity index (χ0) is 28.8. The van der Waals surface area contributed by atoms with Crippen molar-refractivity contribution >= 4 is 68.9 Å². The first-order valence-corrected chi connectivity index (χ1v) is 14.8. The lowest BCUT2D eigenvalue weighted by Crippen LogP contribution is -2.38. The lowest BCUT2D eigenvalue weighted by molar-refractivity contribution is -0.127. The number of amides is 3. The largest absolute Gasteiger partial charge is 0.493 e. The SMILES string of the molecule is COc1cc(/C=C2/SC(=O)N(CC(=O)Nc3ccccc3N3CCOCC3)C2=O)cc(I)c1OCc1ccccc1. The minimum atomic E-state index is -0.519. The Balaban J connectivity index is 1.27. The molecule has 1 N–H and O–H groups in total. The number of thioether (sulfide) groups is 1. The number of nitrogens with zero attached hydrogens (tertiary/aromatic N) is 2. The molecule has 0 saturated carbocycles. The lowest BCUT2D eigenvalue weighted by Gasteiger charge is -2.30. The number of carbonyl (C=O) groups excluding carboxylic acids is 3. The molecule has 2 aliphatic rings. The van der Waals surface area contributed by atoms with Crippen molar-refractivity contribution in [3.8, 4) is 11.5 Å². The molecule has 5 rings (SSSR count). The Hall–Kier alpha value is -3.55. The Morgan fingerprint density at radius 3 is 2.56 bits per heavy atom. The first-order chi connectivity index (χ1) is 19.9. The molecule has 0 spiro atoms. The number of methoxy groups -OCH3 is 1. The van der Waals surface area contributed by atoms with Crippen molar-refractivity contribution in [2.45, 2.75) is 6.61 Å². The standard InChI is InChI=1S/C30H28IN3O6S/c1-38-25-16-21(15-22(31)28(25)40-19-20-7-3-2-4-8-20)17-26-29(36)34(30(37)41-26)18-27(35)32-23-9-5-6-10-24(23)33-11-13-39-14-12-33/h2-10,15-17H,11-14,18-19H2,1H3,(H,32,35)/b26-17+. The molecule has 9 nitrogen and oxygen atoms in total. The van der Waals surface area contributed by atoms with Crippen molar-refractivity contribution < 1.29 is 28.6 Å². The molecule has 0 aromatic heterocycles. The molecule has 41 heavy (non-hydrogen) atoms. The summed E-state index contributed by atoms with van der Waals surface area (Å²) < 4.78 is 17.8. The Kier molecular flexibility index (Phi) is 9.47. The zero-order valence-corrected chi connectivity index (χ0v) is 25.3. The predicted molar refractivity (Wildman–Crippen MR) is 167 cm³/mol. The van der Waals surface area contributed by atoms with E-state index in [4.69, 9.17) is 14.2 Å². The highest BCUT2D eigenvalue weighted by Crippen LogP contribution is 2.38. The molecule has 3 amide bonds. The molecular weight excluding hydrogens is 657 g/mol. The summed E-state index contributed by atoms with van der Waals surface area (Å²) >= 11 is 2.96. The Bertz CT molecular complexity index is 1480. The van der Waals surface area contributed by atoms with Crippen molar-refractivity contribution in [1.29, 1.82) is 0 Å². The normalized spacial score (nSPS) is 16.3. The number of nitrogens with one attached hydrogen (secondary N) is 1. The number of hydrogen-bond donors (Lipinski definition) is 1. The summed E-state index contributed by atoms with van der Waals surface area (Å²) in [4.78, 5) is 42.1. The number of anilines is 2. The van der Waals surface area contributed by atoms with Gasteiger partial charge in [-0.15, -0.1) is 0 Å². The number of ether oxygens (including phenoxy) is 3. The van der Waals surface area contributed by atoms with Crippen LogP contribution in [0.5, 0.6) is 11.5 Å². The number of para-hydroxylation sites is 2. The van der Waals surface area contributed by atoms with Crippen LogP contribution in [0.4, 0.5) is 16.2 Å². The van der Waals surface area contributed by atoms with E-state index in [9.17, 15) is 14.4 Å². The van der Waals surface area contributed by atoms with E-state index in [1.54, 1.807) is 25.3 Å². The zero-order valence-electron chi connectivity index (χ0n) is 22.3. The van der Waals surface area contributed by atoms with Crippen LogP contribution in [0.1, 0.15) is 11.1 Å². The van der Waals surface area contributed by atoms with E-state index >= 15 is 0 Å². The Labute approximate surface area is 256 Å². The molecule has 11 heteroatoms. The molecule has 0 aliphatic carbocycles. The highest BCUT2D eigenvalue weighted by atomic mass is 127. The van der Waals surface area contributed by atoms with Gasteiger partial charge in [0, 0.05) is 13.1 Å². The van der Waals surface area contributed by atoms with Crippen molar-refractivity contribution in [2.24, 2.45) is 0 Å². The van der Waals surface area contributed by atoms with E-state index in [0.717, 1.165) is 31.5 Å². The van der Waals surface area contributed by atoms with Gasteiger partial charge in [0.2, 0.25) is 5.91 Å². The number of hydrogen-bond acceptors (Lipinski definition) is 8. The van der Waals surface area contributed by atoms with Gasteiger partial charge < -0.3 is 24.4 Å². The number of benzene rings is 3. The minimum absolute atomic E-state index is 0.229. The monoisotopic (exact) mass is 685 g/mol. The minimum Gasteiger partial charge on any atom is -0.493 e. The molecule has 212 valence electrons. The number of imide groups is 1. The van der Waals surface area contributed by atoms with Gasteiger partial charge in [0.15, 0.2) is 11.5 Å². The first kappa shape index (κ1) is 29.0. The topological polar surface area (TPSA) is 97.4 Å². The molecule has 2 fully saturated rings. The van der Waals surface area contributed by atoms with E-state index in [0.29, 0.717) is 55.7 Å². The predicted octanol–water partition coefficient (Wildman–Crippen LogP) is 5.39. The average molecular weight is 686 g/mol. The van der Waals surface area contributed by atoms with Crippen LogP contribution in [-0.4, -0.2) is 61.9 Å². The second kappa shape index (κ2) is 13.4. The number of carbonyl (C=O) groups is 3. The van der Waals surface area contributed by atoms with Gasteiger partial charge in [-0.1, -0.05) is 42.5 Å². The van der Waals surface area contributed by atoms with Crippen LogP contribution >= 0.6 is 34.4 Å². The van der Waals surface area contributed by atoms with Crippen LogP contribution in [-0.2, 0) is 20.9 Å². The van der Waals surface area contributed by atoms with E-state index in [2.05, 4.69) is 32.8 Å². The molecule has 2 saturated heterocycles. The average Bonchev–Trinajstić information content (AvgIpc) is 3.24. The third-order valence-electron chi connectivity index (χ3n) is 6.48. The van der Waals surface area contributed by atoms with Gasteiger partial charge in [0.25, 0.3) is 11.1 Å². The fourth-order valence-electron chi connectivity index (χ4n) is 4.47. The molecule has 2 heterocycles. The second-order valence-corrected chi connectivity index (χ2v) is 11.4. The lowest BCUT2D eigenvalue weighted by atomic mass is 10.1. The highest BCUT2D eigenvalue weighted by molar-refractivity contribution is 14.1. The maximum atomic E-state index is 13.1. The van der Waals surface area contributed by atoms with Gasteiger partial charge in [0.1, 0.15) is 13.2 Å². The van der Waals surface area contributed by atoms with Crippen LogP contribution in [0.25, 0.3) is 6.08 Å². The number of rotatable bonds is 9. The molecule has 3 aromatic carbocycles. The van der Waals surface area contributed by atoms with Crippen LogP contribution in [0.15, 0.2) is 71.6 Å². The van der Waals surface area contributed by atoms with Crippen molar-refractivity contribution in [3.05, 3.63) is 86.3 Å². The Morgan fingerprint density at radius 2 is 1.80 bits per heavy atom. The third kappa shape index (κ3) is 7.03. The summed E-state index contributed by atoms with van der Waals surface area (Å²) in [5, 5.41) is 2.37. The molecule has 2 aliphatic heterocycles. The highest BCUT2D eigenvalue weighted by Gasteiger charge is 2.36. The summed E-state index contributed by atoms with van der Waals surface area (Å²) in [5.74, 6) is 0.133. The van der Waals surface area contributed by atoms with Crippen LogP contribution < -0.4 is 19.7 Å². The van der Waals surface area contributed by atoms with Crippen molar-refractivity contribution in [1.82, 2.24) is 4.90 Å². The van der Waals surface area contributed by atoms with Gasteiger partial charge in [-0.2, -0.15) is 0 Å². The van der Waals surface area contributed by atoms with Gasteiger partial charge in [0.05, 0.1) is 40.2 Å². The maximum Gasteiger partial charge on any atom is 0.294 e. The molecule has 0 bridgehead atoms. The number of halogens is 1. The van der Waals surface area contributed by atoms with E-state index < -0.39 is 17.1 Å². The van der Waals surface area contributed by atoms with E-state index in [-0.39, 0.29) is 11.4 Å². The smallest absolute Gasteiger partial charge is 0.294 e. The summed E-state index contributed by atoms with van der Waals surface area (Å²) in [6.45, 7) is 2.64. The van der Waals surface area contributed by atoms with Gasteiger partial charge in [-0.05, 0) is 75.8 Å². The van der Waals surface area contributed by atoms with Gasteiger partial charge >= 0.3 is 0 Å². The fourth-order valence-corrected chi connectivity index (χ4v) is 6.09. The van der Waals surface area contributed by atoms with Crippen molar-refractivity contribution in [3.63, 3.8) is 0 Å². The maximum absolute atomic E-state index is 13.1. The molecule has 0 radical (unpaired) electrons. The van der Waals surface area contributed by atoms with E-state index in [1.165, 1.54) is 0 Å². The summed E-state index contributed by atoms with van der Waals surface area (Å²) in [6.07, 6.45) is 1.63. The van der Waals surface area contributed by atoms with Crippen LogP contribution in [0, 0.1) is 3.57 Å². The van der Waals surface area contributed by atoms with Gasteiger partial charge in [-0.25, -0.2) is 0 Å².